The molecule has 2 amide bonds. The van der Waals surface area contributed by atoms with Crippen LogP contribution in [0.25, 0.3) is 0 Å². The molecule has 1 aliphatic rings. The molecule has 0 aromatic heterocycles. The first-order valence-electron chi connectivity index (χ1n) is 8.82. The molecule has 0 radical (unpaired) electrons. The van der Waals surface area contributed by atoms with Crippen LogP contribution in [0.2, 0.25) is 5.02 Å². The van der Waals surface area contributed by atoms with Crippen molar-refractivity contribution in [2.45, 2.75) is 25.4 Å². The topological polar surface area (TPSA) is 53.6 Å². The molecule has 6 heteroatoms. The van der Waals surface area contributed by atoms with Crippen LogP contribution < -0.4 is 20.3 Å². The average Bonchev–Trinajstić information content (AvgIpc) is 2.68. The van der Waals surface area contributed by atoms with Gasteiger partial charge in [0.1, 0.15) is 5.75 Å². The summed E-state index contributed by atoms with van der Waals surface area (Å²) in [6, 6.07) is 15.7. The lowest BCUT2D eigenvalue weighted by Gasteiger charge is -2.34. The summed E-state index contributed by atoms with van der Waals surface area (Å²) in [6.45, 7) is 2.26. The monoisotopic (exact) mass is 373 g/mol. The number of hydrogen-bond acceptors (Lipinski definition) is 3. The highest BCUT2D eigenvalue weighted by Crippen LogP contribution is 2.22. The molecular formula is C20H24ClN3O2. The lowest BCUT2D eigenvalue weighted by Crippen LogP contribution is -2.47. The molecule has 0 unspecified atom stereocenters. The number of anilines is 1. The van der Waals surface area contributed by atoms with Gasteiger partial charge in [-0.05, 0) is 48.7 Å². The number of ether oxygens (including phenoxy) is 1. The van der Waals surface area contributed by atoms with Gasteiger partial charge in [-0.25, -0.2) is 4.79 Å². The minimum atomic E-state index is -0.146. The molecule has 138 valence electrons. The third kappa shape index (κ3) is 4.82. The molecule has 1 fully saturated rings. The maximum absolute atomic E-state index is 12.1. The largest absolute Gasteiger partial charge is 0.497 e. The van der Waals surface area contributed by atoms with Crippen LogP contribution in [0.4, 0.5) is 10.5 Å². The number of benzene rings is 2. The summed E-state index contributed by atoms with van der Waals surface area (Å²) in [5.41, 5.74) is 2.10. The van der Waals surface area contributed by atoms with Crippen LogP contribution in [0, 0.1) is 0 Å². The second-order valence-electron chi connectivity index (χ2n) is 6.38. The first kappa shape index (κ1) is 18.4. The average molecular weight is 374 g/mol. The summed E-state index contributed by atoms with van der Waals surface area (Å²) in [7, 11) is 1.67. The van der Waals surface area contributed by atoms with Crippen LogP contribution in [-0.4, -0.2) is 32.3 Å². The molecule has 0 atom stereocenters. The summed E-state index contributed by atoms with van der Waals surface area (Å²) < 4.78 is 5.20. The Morgan fingerprint density at radius 2 is 1.85 bits per heavy atom. The molecular weight excluding hydrogens is 350 g/mol. The Morgan fingerprint density at radius 3 is 2.50 bits per heavy atom. The smallest absolute Gasteiger partial charge is 0.315 e. The van der Waals surface area contributed by atoms with Gasteiger partial charge >= 0.3 is 6.03 Å². The Bertz CT molecular complexity index is 728. The third-order valence-corrected chi connectivity index (χ3v) is 5.03. The van der Waals surface area contributed by atoms with Gasteiger partial charge in [0.15, 0.2) is 0 Å². The van der Waals surface area contributed by atoms with Crippen LogP contribution in [0.5, 0.6) is 5.75 Å². The van der Waals surface area contributed by atoms with Gasteiger partial charge < -0.3 is 20.3 Å². The number of amides is 2. The summed E-state index contributed by atoms with van der Waals surface area (Å²) in [5, 5.41) is 6.61. The zero-order valence-corrected chi connectivity index (χ0v) is 15.6. The van der Waals surface area contributed by atoms with E-state index in [9.17, 15) is 4.79 Å². The molecule has 1 aliphatic heterocycles. The summed E-state index contributed by atoms with van der Waals surface area (Å²) >= 11 is 6.11. The van der Waals surface area contributed by atoms with Crippen molar-refractivity contribution in [2.24, 2.45) is 0 Å². The van der Waals surface area contributed by atoms with E-state index in [1.54, 1.807) is 7.11 Å². The van der Waals surface area contributed by atoms with E-state index < -0.39 is 0 Å². The minimum absolute atomic E-state index is 0.146. The van der Waals surface area contributed by atoms with Crippen molar-refractivity contribution in [3.63, 3.8) is 0 Å². The standard InChI is InChI=1S/C20H24ClN3O2/c1-26-18-8-6-17(7-9-18)24-12-10-16(11-13-24)23-20(25)22-14-15-4-2-3-5-19(15)21/h2-9,16H,10-14H2,1H3,(H2,22,23,25). The van der Waals surface area contributed by atoms with Crippen molar-refractivity contribution < 1.29 is 9.53 Å². The zero-order valence-electron chi connectivity index (χ0n) is 14.9. The second-order valence-corrected chi connectivity index (χ2v) is 6.78. The molecule has 0 bridgehead atoms. The van der Waals surface area contributed by atoms with Crippen molar-refractivity contribution in [2.75, 3.05) is 25.1 Å². The molecule has 2 aromatic carbocycles. The predicted molar refractivity (Wildman–Crippen MR) is 105 cm³/mol. The lowest BCUT2D eigenvalue weighted by atomic mass is 10.0. The van der Waals surface area contributed by atoms with E-state index in [2.05, 4.69) is 27.7 Å². The Balaban J connectivity index is 1.43. The Kier molecular flexibility index (Phi) is 6.23. The Morgan fingerprint density at radius 1 is 1.15 bits per heavy atom. The fourth-order valence-electron chi connectivity index (χ4n) is 3.13. The third-order valence-electron chi connectivity index (χ3n) is 4.66. The fourth-order valence-corrected chi connectivity index (χ4v) is 3.33. The number of carbonyl (C=O) groups excluding carboxylic acids is 1. The first-order chi connectivity index (χ1) is 12.7. The van der Waals surface area contributed by atoms with Crippen LogP contribution in [0.15, 0.2) is 48.5 Å². The molecule has 2 N–H and O–H groups in total. The van der Waals surface area contributed by atoms with Gasteiger partial charge in [0.2, 0.25) is 0 Å². The van der Waals surface area contributed by atoms with Crippen LogP contribution in [0.3, 0.4) is 0 Å². The molecule has 3 rings (SSSR count). The molecule has 0 saturated carbocycles. The lowest BCUT2D eigenvalue weighted by molar-refractivity contribution is 0.234. The Labute approximate surface area is 159 Å². The number of hydrogen-bond donors (Lipinski definition) is 2. The van der Waals surface area contributed by atoms with Gasteiger partial charge in [-0.3, -0.25) is 0 Å². The number of halogens is 1. The van der Waals surface area contributed by atoms with Gasteiger partial charge in [0.05, 0.1) is 7.11 Å². The van der Waals surface area contributed by atoms with E-state index in [4.69, 9.17) is 16.3 Å². The number of carbonyl (C=O) groups is 1. The van der Waals surface area contributed by atoms with Crippen molar-refractivity contribution in [1.29, 1.82) is 0 Å². The molecule has 0 spiro atoms. The minimum Gasteiger partial charge on any atom is -0.497 e. The molecule has 2 aromatic rings. The maximum atomic E-state index is 12.1. The Hall–Kier alpha value is -2.40. The molecule has 1 heterocycles. The van der Waals surface area contributed by atoms with Crippen LogP contribution in [-0.2, 0) is 6.54 Å². The van der Waals surface area contributed by atoms with Crippen LogP contribution >= 0.6 is 11.6 Å². The van der Waals surface area contributed by atoms with E-state index in [0.717, 1.165) is 37.2 Å². The molecule has 0 aliphatic carbocycles. The van der Waals surface area contributed by atoms with E-state index in [1.807, 2.05) is 36.4 Å². The van der Waals surface area contributed by atoms with Gasteiger partial charge in [-0.15, -0.1) is 0 Å². The van der Waals surface area contributed by atoms with Crippen molar-refractivity contribution in [3.8, 4) is 5.75 Å². The molecule has 1 saturated heterocycles. The molecule has 26 heavy (non-hydrogen) atoms. The number of piperidine rings is 1. The van der Waals surface area contributed by atoms with Crippen LogP contribution in [0.1, 0.15) is 18.4 Å². The highest BCUT2D eigenvalue weighted by Gasteiger charge is 2.20. The van der Waals surface area contributed by atoms with E-state index in [-0.39, 0.29) is 12.1 Å². The van der Waals surface area contributed by atoms with Crippen molar-refractivity contribution >= 4 is 23.3 Å². The predicted octanol–water partition coefficient (Wildman–Crippen LogP) is 3.82. The van der Waals surface area contributed by atoms with E-state index >= 15 is 0 Å². The quantitative estimate of drug-likeness (QED) is 0.837. The number of methoxy groups -OCH3 is 1. The van der Waals surface area contributed by atoms with Gasteiger partial charge in [0.25, 0.3) is 0 Å². The number of nitrogens with one attached hydrogen (secondary N) is 2. The van der Waals surface area contributed by atoms with Crippen molar-refractivity contribution in [1.82, 2.24) is 10.6 Å². The summed E-state index contributed by atoms with van der Waals surface area (Å²) in [6.07, 6.45) is 1.84. The molecule has 5 nitrogen and oxygen atoms in total. The number of urea groups is 1. The normalized spacial score (nSPS) is 14.8. The first-order valence-corrected chi connectivity index (χ1v) is 9.20. The summed E-state index contributed by atoms with van der Waals surface area (Å²) in [5.74, 6) is 0.862. The highest BCUT2D eigenvalue weighted by atomic mass is 35.5. The number of rotatable bonds is 5. The van der Waals surface area contributed by atoms with Gasteiger partial charge in [0, 0.05) is 36.4 Å². The van der Waals surface area contributed by atoms with Gasteiger partial charge in [-0.2, -0.15) is 0 Å². The van der Waals surface area contributed by atoms with Crippen molar-refractivity contribution in [3.05, 3.63) is 59.1 Å². The second kappa shape index (κ2) is 8.81. The SMILES string of the molecule is COc1ccc(N2CCC(NC(=O)NCc3ccccc3Cl)CC2)cc1. The maximum Gasteiger partial charge on any atom is 0.315 e. The highest BCUT2D eigenvalue weighted by molar-refractivity contribution is 6.31. The number of nitrogens with zero attached hydrogens (tertiary/aromatic N) is 1. The van der Waals surface area contributed by atoms with E-state index in [1.165, 1.54) is 5.69 Å². The zero-order chi connectivity index (χ0) is 18.4. The fraction of sp³-hybridized carbons (Fsp3) is 0.350. The van der Waals surface area contributed by atoms with Gasteiger partial charge in [-0.1, -0.05) is 29.8 Å². The van der Waals surface area contributed by atoms with E-state index in [0.29, 0.717) is 11.6 Å². The summed E-state index contributed by atoms with van der Waals surface area (Å²) in [4.78, 5) is 14.5.